The van der Waals surface area contributed by atoms with Crippen LogP contribution in [0.25, 0.3) is 0 Å². The molecule has 98 valence electrons. The Hall–Kier alpha value is -1.10. The highest BCUT2D eigenvalue weighted by Crippen LogP contribution is 2.26. The zero-order chi connectivity index (χ0) is 12.8. The molecule has 17 heavy (non-hydrogen) atoms. The Morgan fingerprint density at radius 1 is 1.35 bits per heavy atom. The standard InChI is InChI=1S/C12H23N3O2/c1-15(2)12(17)6-7-14-11(16)8-9-4-3-5-10(9)13/h9-10H,3-8,13H2,1-2H3,(H,14,16)/t9-,10+/m0/s1. The summed E-state index contributed by atoms with van der Waals surface area (Å²) in [5.41, 5.74) is 5.90. The molecular weight excluding hydrogens is 218 g/mol. The SMILES string of the molecule is CN(C)C(=O)CCNC(=O)C[C@@H]1CCC[C@H]1N. The molecule has 0 aliphatic heterocycles. The van der Waals surface area contributed by atoms with Crippen LogP contribution in [-0.2, 0) is 9.59 Å². The largest absolute Gasteiger partial charge is 0.356 e. The summed E-state index contributed by atoms with van der Waals surface area (Å²) in [6.07, 6.45) is 4.05. The third kappa shape index (κ3) is 4.73. The van der Waals surface area contributed by atoms with Gasteiger partial charge in [-0.3, -0.25) is 9.59 Å². The van der Waals surface area contributed by atoms with Crippen molar-refractivity contribution in [2.75, 3.05) is 20.6 Å². The molecule has 1 aliphatic carbocycles. The maximum absolute atomic E-state index is 11.6. The monoisotopic (exact) mass is 241 g/mol. The van der Waals surface area contributed by atoms with E-state index in [0.717, 1.165) is 19.3 Å². The summed E-state index contributed by atoms with van der Waals surface area (Å²) in [6.45, 7) is 0.414. The van der Waals surface area contributed by atoms with Gasteiger partial charge in [-0.1, -0.05) is 6.42 Å². The molecule has 0 radical (unpaired) electrons. The molecule has 5 nitrogen and oxygen atoms in total. The maximum Gasteiger partial charge on any atom is 0.223 e. The lowest BCUT2D eigenvalue weighted by Gasteiger charge is -2.15. The molecule has 2 amide bonds. The molecule has 1 fully saturated rings. The van der Waals surface area contributed by atoms with Crippen molar-refractivity contribution in [3.05, 3.63) is 0 Å². The molecule has 0 aromatic rings. The normalized spacial score (nSPS) is 23.5. The Kier molecular flexibility index (Phi) is 5.41. The van der Waals surface area contributed by atoms with Crippen molar-refractivity contribution in [1.29, 1.82) is 0 Å². The van der Waals surface area contributed by atoms with Crippen LogP contribution in [0, 0.1) is 5.92 Å². The van der Waals surface area contributed by atoms with E-state index in [1.807, 2.05) is 0 Å². The number of amides is 2. The highest BCUT2D eigenvalue weighted by atomic mass is 16.2. The van der Waals surface area contributed by atoms with E-state index < -0.39 is 0 Å². The van der Waals surface area contributed by atoms with Gasteiger partial charge >= 0.3 is 0 Å². The third-order valence-corrected chi connectivity index (χ3v) is 3.33. The van der Waals surface area contributed by atoms with E-state index in [1.165, 1.54) is 4.90 Å². The van der Waals surface area contributed by atoms with Gasteiger partial charge in [0.2, 0.25) is 11.8 Å². The van der Waals surface area contributed by atoms with Crippen LogP contribution in [0.15, 0.2) is 0 Å². The zero-order valence-electron chi connectivity index (χ0n) is 10.7. The average molecular weight is 241 g/mol. The molecule has 0 aromatic carbocycles. The zero-order valence-corrected chi connectivity index (χ0v) is 10.7. The van der Waals surface area contributed by atoms with Crippen molar-refractivity contribution in [1.82, 2.24) is 10.2 Å². The minimum absolute atomic E-state index is 0.0129. The third-order valence-electron chi connectivity index (χ3n) is 3.33. The van der Waals surface area contributed by atoms with E-state index >= 15 is 0 Å². The van der Waals surface area contributed by atoms with Crippen molar-refractivity contribution < 1.29 is 9.59 Å². The van der Waals surface area contributed by atoms with Crippen molar-refractivity contribution in [3.63, 3.8) is 0 Å². The molecule has 1 aliphatic rings. The first-order valence-corrected chi connectivity index (χ1v) is 6.23. The second-order valence-electron chi connectivity index (χ2n) is 4.95. The van der Waals surface area contributed by atoms with E-state index in [9.17, 15) is 9.59 Å². The highest BCUT2D eigenvalue weighted by Gasteiger charge is 2.25. The molecule has 0 spiro atoms. The molecule has 0 heterocycles. The van der Waals surface area contributed by atoms with Gasteiger partial charge < -0.3 is 16.0 Å². The van der Waals surface area contributed by atoms with Crippen LogP contribution >= 0.6 is 0 Å². The van der Waals surface area contributed by atoms with Gasteiger partial charge in [0.1, 0.15) is 0 Å². The smallest absolute Gasteiger partial charge is 0.223 e. The van der Waals surface area contributed by atoms with Crippen molar-refractivity contribution >= 4 is 11.8 Å². The van der Waals surface area contributed by atoms with Crippen LogP contribution < -0.4 is 11.1 Å². The lowest BCUT2D eigenvalue weighted by atomic mass is 10.00. The molecule has 3 N–H and O–H groups in total. The van der Waals surface area contributed by atoms with Crippen LogP contribution in [0.2, 0.25) is 0 Å². The van der Waals surface area contributed by atoms with Gasteiger partial charge in [-0.2, -0.15) is 0 Å². The topological polar surface area (TPSA) is 75.4 Å². The molecule has 5 heteroatoms. The fraction of sp³-hybridized carbons (Fsp3) is 0.833. The van der Waals surface area contributed by atoms with Gasteiger partial charge in [0.15, 0.2) is 0 Å². The predicted molar refractivity (Wildman–Crippen MR) is 66.3 cm³/mol. The van der Waals surface area contributed by atoms with Crippen LogP contribution in [0.1, 0.15) is 32.1 Å². The number of nitrogens with one attached hydrogen (secondary N) is 1. The molecular formula is C12H23N3O2. The number of hydrogen-bond acceptors (Lipinski definition) is 3. The number of nitrogens with zero attached hydrogens (tertiary/aromatic N) is 1. The summed E-state index contributed by atoms with van der Waals surface area (Å²) in [7, 11) is 3.42. The van der Waals surface area contributed by atoms with Crippen LogP contribution in [0.4, 0.5) is 0 Å². The molecule has 0 unspecified atom stereocenters. The predicted octanol–water partition coefficient (Wildman–Crippen LogP) is 0.0984. The van der Waals surface area contributed by atoms with Gasteiger partial charge in [0.05, 0.1) is 0 Å². The van der Waals surface area contributed by atoms with Gasteiger partial charge in [0.25, 0.3) is 0 Å². The number of carbonyl (C=O) groups is 2. The van der Waals surface area contributed by atoms with Crippen LogP contribution in [0.3, 0.4) is 0 Å². The second-order valence-corrected chi connectivity index (χ2v) is 4.95. The molecule has 1 rings (SSSR count). The molecule has 0 bridgehead atoms. The Balaban J connectivity index is 2.15. The molecule has 1 saturated carbocycles. The first-order valence-electron chi connectivity index (χ1n) is 6.23. The second kappa shape index (κ2) is 6.59. The van der Waals surface area contributed by atoms with E-state index in [0.29, 0.717) is 25.3 Å². The summed E-state index contributed by atoms with van der Waals surface area (Å²) >= 11 is 0. The van der Waals surface area contributed by atoms with Gasteiger partial charge in [0, 0.05) is 39.5 Å². The lowest BCUT2D eigenvalue weighted by molar-refractivity contribution is -0.128. The lowest BCUT2D eigenvalue weighted by Crippen LogP contribution is -2.33. The van der Waals surface area contributed by atoms with Crippen molar-refractivity contribution in [2.45, 2.75) is 38.1 Å². The molecule has 0 aromatic heterocycles. The Labute approximate surface area is 103 Å². The first kappa shape index (κ1) is 14.0. The Morgan fingerprint density at radius 2 is 2.06 bits per heavy atom. The Morgan fingerprint density at radius 3 is 2.59 bits per heavy atom. The fourth-order valence-corrected chi connectivity index (χ4v) is 2.16. The molecule has 0 saturated heterocycles. The summed E-state index contributed by atoms with van der Waals surface area (Å²) < 4.78 is 0. The summed E-state index contributed by atoms with van der Waals surface area (Å²) in [4.78, 5) is 24.4. The summed E-state index contributed by atoms with van der Waals surface area (Å²) in [5.74, 6) is 0.362. The van der Waals surface area contributed by atoms with E-state index in [4.69, 9.17) is 5.73 Å². The summed E-state index contributed by atoms with van der Waals surface area (Å²) in [5, 5.41) is 2.77. The highest BCUT2D eigenvalue weighted by molar-refractivity contribution is 5.78. The minimum Gasteiger partial charge on any atom is -0.356 e. The van der Waals surface area contributed by atoms with Crippen molar-refractivity contribution in [2.24, 2.45) is 11.7 Å². The van der Waals surface area contributed by atoms with E-state index in [2.05, 4.69) is 5.32 Å². The van der Waals surface area contributed by atoms with Gasteiger partial charge in [-0.05, 0) is 18.8 Å². The van der Waals surface area contributed by atoms with Crippen LogP contribution in [-0.4, -0.2) is 43.4 Å². The number of carbonyl (C=O) groups excluding carboxylic acids is 2. The van der Waals surface area contributed by atoms with Crippen LogP contribution in [0.5, 0.6) is 0 Å². The number of nitrogens with two attached hydrogens (primary N) is 1. The molecule has 2 atom stereocenters. The van der Waals surface area contributed by atoms with Crippen molar-refractivity contribution in [3.8, 4) is 0 Å². The summed E-state index contributed by atoms with van der Waals surface area (Å²) in [6, 6.07) is 0.171. The van der Waals surface area contributed by atoms with Gasteiger partial charge in [-0.25, -0.2) is 0 Å². The Bertz CT molecular complexity index is 279. The van der Waals surface area contributed by atoms with E-state index in [-0.39, 0.29) is 17.9 Å². The quantitative estimate of drug-likeness (QED) is 0.716. The van der Waals surface area contributed by atoms with E-state index in [1.54, 1.807) is 14.1 Å². The minimum atomic E-state index is 0.0129. The average Bonchev–Trinajstić information content (AvgIpc) is 2.64. The first-order chi connectivity index (χ1) is 8.00. The number of hydrogen-bond donors (Lipinski definition) is 2. The number of rotatable bonds is 5. The maximum atomic E-state index is 11.6. The van der Waals surface area contributed by atoms with Gasteiger partial charge in [-0.15, -0.1) is 0 Å². The fourth-order valence-electron chi connectivity index (χ4n) is 2.16.